The molecule has 1 unspecified atom stereocenters. The molecule has 3 amide bonds. The van der Waals surface area contributed by atoms with Gasteiger partial charge in [0.1, 0.15) is 11.2 Å². The lowest BCUT2D eigenvalue weighted by atomic mass is 9.83. The van der Waals surface area contributed by atoms with E-state index < -0.39 is 17.2 Å². The topological polar surface area (TPSA) is 112 Å². The minimum absolute atomic E-state index is 0.309. The van der Waals surface area contributed by atoms with Gasteiger partial charge in [-0.05, 0) is 69.4 Å². The Bertz CT molecular complexity index is 797. The number of rotatable bonds is 4. The molecule has 8 heteroatoms. The molecular formula is C20H27N5O3. The molecule has 2 heterocycles. The van der Waals surface area contributed by atoms with Gasteiger partial charge in [0.15, 0.2) is 0 Å². The molecule has 2 saturated carbocycles. The zero-order valence-electron chi connectivity index (χ0n) is 16.1. The Morgan fingerprint density at radius 1 is 1.14 bits per heavy atom. The molecule has 1 spiro atoms. The first kappa shape index (κ1) is 18.7. The van der Waals surface area contributed by atoms with Gasteiger partial charge in [0.05, 0.1) is 5.56 Å². The summed E-state index contributed by atoms with van der Waals surface area (Å²) in [5.41, 5.74) is 4.63. The number of hydrazine groups is 1. The normalized spacial score (nSPS) is 25.8. The molecule has 3 aliphatic rings. The lowest BCUT2D eigenvalue weighted by Crippen LogP contribution is -2.51. The third-order valence-electron chi connectivity index (χ3n) is 6.60. The second kappa shape index (κ2) is 7.07. The Labute approximate surface area is 164 Å². The Morgan fingerprint density at radius 2 is 1.89 bits per heavy atom. The van der Waals surface area contributed by atoms with Crippen molar-refractivity contribution in [3.8, 4) is 0 Å². The summed E-state index contributed by atoms with van der Waals surface area (Å²) >= 11 is 0. The van der Waals surface area contributed by atoms with Crippen molar-refractivity contribution in [1.29, 1.82) is 0 Å². The molecule has 3 fully saturated rings. The van der Waals surface area contributed by atoms with Crippen LogP contribution in [0.5, 0.6) is 0 Å². The summed E-state index contributed by atoms with van der Waals surface area (Å²) < 4.78 is 0. The predicted octanol–water partition coefficient (Wildman–Crippen LogP) is 1.50. The summed E-state index contributed by atoms with van der Waals surface area (Å²) in [6, 6.07) is 3.67. The smallest absolute Gasteiger partial charge is 0.273 e. The van der Waals surface area contributed by atoms with Crippen LogP contribution in [0, 0.1) is 10.8 Å². The van der Waals surface area contributed by atoms with E-state index >= 15 is 0 Å². The van der Waals surface area contributed by atoms with Crippen LogP contribution in [-0.2, 0) is 9.59 Å². The molecule has 0 bridgehead atoms. The van der Waals surface area contributed by atoms with Crippen molar-refractivity contribution in [2.75, 3.05) is 11.9 Å². The first-order valence-corrected chi connectivity index (χ1v) is 10.0. The molecule has 4 N–H and O–H groups in total. The molecule has 0 radical (unpaired) electrons. The second-order valence-corrected chi connectivity index (χ2v) is 8.56. The molecule has 1 atom stereocenters. The van der Waals surface area contributed by atoms with E-state index in [-0.39, 0.29) is 5.91 Å². The van der Waals surface area contributed by atoms with Crippen LogP contribution in [0.4, 0.5) is 5.82 Å². The van der Waals surface area contributed by atoms with Gasteiger partial charge >= 0.3 is 0 Å². The SMILES string of the molecule is CC1(C(=O)NNC(=O)c2cccnc2NC2CCC3(CC2)CC3)CCNC1=O. The molecular weight excluding hydrogens is 358 g/mol. The van der Waals surface area contributed by atoms with E-state index in [1.54, 1.807) is 25.3 Å². The number of carbonyl (C=O) groups excluding carboxylic acids is 3. The highest BCUT2D eigenvalue weighted by Crippen LogP contribution is 2.56. The summed E-state index contributed by atoms with van der Waals surface area (Å²) in [6.07, 6.45) is 9.39. The zero-order chi connectivity index (χ0) is 19.8. The molecule has 150 valence electrons. The number of carbonyl (C=O) groups is 3. The van der Waals surface area contributed by atoms with Crippen LogP contribution in [0.3, 0.4) is 0 Å². The van der Waals surface area contributed by atoms with Gasteiger partial charge in [-0.3, -0.25) is 25.2 Å². The Kier molecular flexibility index (Phi) is 4.72. The maximum absolute atomic E-state index is 12.6. The third-order valence-corrected chi connectivity index (χ3v) is 6.60. The maximum Gasteiger partial charge on any atom is 0.273 e. The van der Waals surface area contributed by atoms with Gasteiger partial charge in [0.2, 0.25) is 5.91 Å². The quantitative estimate of drug-likeness (QED) is 0.464. The average molecular weight is 385 g/mol. The summed E-state index contributed by atoms with van der Waals surface area (Å²) in [7, 11) is 0. The fourth-order valence-electron chi connectivity index (χ4n) is 4.22. The zero-order valence-corrected chi connectivity index (χ0v) is 16.1. The molecule has 1 saturated heterocycles. The fourth-order valence-corrected chi connectivity index (χ4v) is 4.22. The van der Waals surface area contributed by atoms with Crippen molar-refractivity contribution < 1.29 is 14.4 Å². The average Bonchev–Trinajstić information content (AvgIpc) is 3.37. The van der Waals surface area contributed by atoms with Gasteiger partial charge in [-0.15, -0.1) is 0 Å². The summed E-state index contributed by atoms with van der Waals surface area (Å²) in [5.74, 6) is -0.777. The van der Waals surface area contributed by atoms with E-state index in [9.17, 15) is 14.4 Å². The van der Waals surface area contributed by atoms with Crippen molar-refractivity contribution in [2.24, 2.45) is 10.8 Å². The monoisotopic (exact) mass is 385 g/mol. The minimum Gasteiger partial charge on any atom is -0.367 e. The van der Waals surface area contributed by atoms with Crippen molar-refractivity contribution >= 4 is 23.5 Å². The summed E-state index contributed by atoms with van der Waals surface area (Å²) in [4.78, 5) is 41.2. The molecule has 1 aromatic heterocycles. The number of anilines is 1. The summed E-state index contributed by atoms with van der Waals surface area (Å²) in [6.45, 7) is 2.03. The Hall–Kier alpha value is -2.64. The first-order chi connectivity index (χ1) is 13.4. The standard InChI is InChI=1S/C20H27N5O3/c1-19(10-12-22-17(19)27)18(28)25-24-16(26)14-3-2-11-21-15(14)23-13-4-6-20(7-5-13)8-9-20/h2-3,11,13H,4-10,12H2,1H3,(H,21,23)(H,22,27)(H,24,26)(H,25,28). The first-order valence-electron chi connectivity index (χ1n) is 10.0. The van der Waals surface area contributed by atoms with Gasteiger partial charge < -0.3 is 10.6 Å². The highest BCUT2D eigenvalue weighted by molar-refractivity contribution is 6.07. The van der Waals surface area contributed by atoms with Crippen LogP contribution in [-0.4, -0.2) is 35.3 Å². The third kappa shape index (κ3) is 3.55. The molecule has 4 rings (SSSR count). The van der Waals surface area contributed by atoms with Gasteiger partial charge in [0, 0.05) is 18.8 Å². The molecule has 0 aromatic carbocycles. The van der Waals surface area contributed by atoms with Crippen LogP contribution >= 0.6 is 0 Å². The largest absolute Gasteiger partial charge is 0.367 e. The van der Waals surface area contributed by atoms with Crippen molar-refractivity contribution in [3.05, 3.63) is 23.9 Å². The van der Waals surface area contributed by atoms with E-state index in [2.05, 4.69) is 26.5 Å². The van der Waals surface area contributed by atoms with E-state index in [4.69, 9.17) is 0 Å². The lowest BCUT2D eigenvalue weighted by Gasteiger charge is -2.29. The highest BCUT2D eigenvalue weighted by Gasteiger charge is 2.45. The number of aromatic nitrogens is 1. The van der Waals surface area contributed by atoms with Gasteiger partial charge in [-0.1, -0.05) is 0 Å². The van der Waals surface area contributed by atoms with Crippen LogP contribution < -0.4 is 21.5 Å². The number of amides is 3. The van der Waals surface area contributed by atoms with Crippen LogP contribution in [0.25, 0.3) is 0 Å². The Morgan fingerprint density at radius 3 is 2.54 bits per heavy atom. The molecule has 28 heavy (non-hydrogen) atoms. The Balaban J connectivity index is 1.36. The highest BCUT2D eigenvalue weighted by atomic mass is 16.2. The fraction of sp³-hybridized carbons (Fsp3) is 0.600. The maximum atomic E-state index is 12.6. The molecule has 8 nitrogen and oxygen atoms in total. The number of nitrogens with zero attached hydrogens (tertiary/aromatic N) is 1. The van der Waals surface area contributed by atoms with E-state index in [0.717, 1.165) is 12.8 Å². The van der Waals surface area contributed by atoms with E-state index in [0.29, 0.717) is 35.8 Å². The van der Waals surface area contributed by atoms with Crippen LogP contribution in [0.2, 0.25) is 0 Å². The van der Waals surface area contributed by atoms with Crippen LogP contribution in [0.1, 0.15) is 62.2 Å². The van der Waals surface area contributed by atoms with E-state index in [1.165, 1.54) is 25.7 Å². The van der Waals surface area contributed by atoms with Crippen molar-refractivity contribution in [2.45, 2.75) is 57.9 Å². The van der Waals surface area contributed by atoms with Crippen molar-refractivity contribution in [1.82, 2.24) is 21.2 Å². The molecule has 1 aromatic rings. The predicted molar refractivity (Wildman–Crippen MR) is 103 cm³/mol. The van der Waals surface area contributed by atoms with Crippen molar-refractivity contribution in [3.63, 3.8) is 0 Å². The van der Waals surface area contributed by atoms with Crippen LogP contribution in [0.15, 0.2) is 18.3 Å². The molecule has 1 aliphatic heterocycles. The number of nitrogens with one attached hydrogen (secondary N) is 4. The molecule has 2 aliphatic carbocycles. The number of pyridine rings is 1. The van der Waals surface area contributed by atoms with E-state index in [1.807, 2.05) is 0 Å². The number of hydrogen-bond acceptors (Lipinski definition) is 5. The van der Waals surface area contributed by atoms with Gasteiger partial charge in [-0.25, -0.2) is 4.98 Å². The summed E-state index contributed by atoms with van der Waals surface area (Å²) in [5, 5.41) is 6.05. The van der Waals surface area contributed by atoms with Gasteiger partial charge in [0.25, 0.3) is 11.8 Å². The minimum atomic E-state index is -1.16. The lowest BCUT2D eigenvalue weighted by molar-refractivity contribution is -0.140. The number of hydrogen-bond donors (Lipinski definition) is 4. The second-order valence-electron chi connectivity index (χ2n) is 8.56. The van der Waals surface area contributed by atoms with Gasteiger partial charge in [-0.2, -0.15) is 0 Å².